The van der Waals surface area contributed by atoms with Gasteiger partial charge in [0, 0.05) is 18.7 Å². The van der Waals surface area contributed by atoms with Crippen molar-refractivity contribution < 1.29 is 19.1 Å². The summed E-state index contributed by atoms with van der Waals surface area (Å²) in [4.78, 5) is 26.0. The molecule has 0 saturated carbocycles. The lowest BCUT2D eigenvalue weighted by Gasteiger charge is -2.20. The normalized spacial score (nSPS) is 13.7. The predicted octanol–water partition coefficient (Wildman–Crippen LogP) is 3.96. The van der Waals surface area contributed by atoms with E-state index in [1.54, 1.807) is 30.2 Å². The van der Waals surface area contributed by atoms with Crippen molar-refractivity contribution >= 4 is 23.2 Å². The Morgan fingerprint density at radius 1 is 1.18 bits per heavy atom. The Labute approximate surface area is 165 Å². The Bertz CT molecular complexity index is 846. The summed E-state index contributed by atoms with van der Waals surface area (Å²) in [5, 5.41) is 2.81. The van der Waals surface area contributed by atoms with Crippen molar-refractivity contribution in [2.24, 2.45) is 0 Å². The summed E-state index contributed by atoms with van der Waals surface area (Å²) in [6.45, 7) is 4.82. The van der Waals surface area contributed by atoms with Crippen LogP contribution in [0.3, 0.4) is 0 Å². The van der Waals surface area contributed by atoms with E-state index in [1.165, 1.54) is 5.56 Å². The molecule has 1 aliphatic heterocycles. The minimum Gasteiger partial charge on any atom is -0.495 e. The molecule has 0 radical (unpaired) electrons. The third-order valence-electron chi connectivity index (χ3n) is 4.74. The van der Waals surface area contributed by atoms with Crippen LogP contribution in [-0.2, 0) is 9.59 Å². The maximum Gasteiger partial charge on any atom is 0.262 e. The second kappa shape index (κ2) is 8.78. The molecule has 2 amide bonds. The molecule has 1 aliphatic rings. The minimum atomic E-state index is -0.267. The molecule has 0 spiro atoms. The lowest BCUT2D eigenvalue weighted by Crippen LogP contribution is -2.25. The van der Waals surface area contributed by atoms with Gasteiger partial charge in [0.25, 0.3) is 5.91 Å². The molecule has 1 heterocycles. The predicted molar refractivity (Wildman–Crippen MR) is 109 cm³/mol. The molecule has 2 aromatic rings. The van der Waals surface area contributed by atoms with Crippen molar-refractivity contribution in [2.45, 2.75) is 32.6 Å². The van der Waals surface area contributed by atoms with Crippen LogP contribution in [0.4, 0.5) is 11.4 Å². The Kier molecular flexibility index (Phi) is 6.19. The van der Waals surface area contributed by atoms with Gasteiger partial charge in [0.05, 0.1) is 12.8 Å². The van der Waals surface area contributed by atoms with Crippen molar-refractivity contribution in [3.05, 3.63) is 48.0 Å². The van der Waals surface area contributed by atoms with Gasteiger partial charge in [-0.05, 0) is 48.2 Å². The number of ether oxygens (including phenoxy) is 2. The molecule has 6 heteroatoms. The molecule has 28 heavy (non-hydrogen) atoms. The number of methoxy groups -OCH3 is 1. The van der Waals surface area contributed by atoms with Gasteiger partial charge in [-0.3, -0.25) is 9.59 Å². The van der Waals surface area contributed by atoms with Gasteiger partial charge in [-0.1, -0.05) is 26.0 Å². The number of carbonyl (C=O) groups is 2. The van der Waals surface area contributed by atoms with Crippen LogP contribution in [0.15, 0.2) is 42.5 Å². The van der Waals surface area contributed by atoms with Crippen molar-refractivity contribution in [3.8, 4) is 11.5 Å². The van der Waals surface area contributed by atoms with Gasteiger partial charge in [-0.15, -0.1) is 0 Å². The van der Waals surface area contributed by atoms with Crippen LogP contribution in [0, 0.1) is 0 Å². The molecule has 0 atom stereocenters. The molecule has 0 aliphatic carbocycles. The lowest BCUT2D eigenvalue weighted by atomic mass is 10.0. The first kappa shape index (κ1) is 19.7. The van der Waals surface area contributed by atoms with E-state index in [2.05, 4.69) is 19.2 Å². The molecule has 1 saturated heterocycles. The van der Waals surface area contributed by atoms with Gasteiger partial charge in [0.1, 0.15) is 11.5 Å². The van der Waals surface area contributed by atoms with E-state index in [-0.39, 0.29) is 18.4 Å². The molecule has 3 rings (SSSR count). The lowest BCUT2D eigenvalue weighted by molar-refractivity contribution is -0.118. The summed E-state index contributed by atoms with van der Waals surface area (Å²) in [5.41, 5.74) is 2.49. The molecule has 0 aromatic heterocycles. The highest BCUT2D eigenvalue weighted by Crippen LogP contribution is 2.34. The Hall–Kier alpha value is -3.02. The van der Waals surface area contributed by atoms with Crippen molar-refractivity contribution in [3.63, 3.8) is 0 Å². The topological polar surface area (TPSA) is 67.9 Å². The fraction of sp³-hybridized carbons (Fsp3) is 0.364. The zero-order valence-electron chi connectivity index (χ0n) is 16.5. The van der Waals surface area contributed by atoms with E-state index >= 15 is 0 Å². The zero-order chi connectivity index (χ0) is 20.1. The van der Waals surface area contributed by atoms with E-state index < -0.39 is 0 Å². The summed E-state index contributed by atoms with van der Waals surface area (Å²) >= 11 is 0. The number of hydrogen-bond donors (Lipinski definition) is 1. The smallest absolute Gasteiger partial charge is 0.262 e. The van der Waals surface area contributed by atoms with E-state index in [9.17, 15) is 9.59 Å². The van der Waals surface area contributed by atoms with E-state index in [1.807, 2.05) is 24.3 Å². The van der Waals surface area contributed by atoms with Crippen molar-refractivity contribution in [1.82, 2.24) is 0 Å². The Morgan fingerprint density at radius 2 is 1.93 bits per heavy atom. The molecule has 1 fully saturated rings. The van der Waals surface area contributed by atoms with Gasteiger partial charge in [0.15, 0.2) is 6.61 Å². The van der Waals surface area contributed by atoms with Crippen LogP contribution >= 0.6 is 0 Å². The number of benzene rings is 2. The molecule has 2 aromatic carbocycles. The molecule has 6 nitrogen and oxygen atoms in total. The van der Waals surface area contributed by atoms with Crippen LogP contribution in [0.1, 0.15) is 38.2 Å². The van der Waals surface area contributed by atoms with Gasteiger partial charge >= 0.3 is 0 Å². The first-order valence-corrected chi connectivity index (χ1v) is 9.49. The summed E-state index contributed by atoms with van der Waals surface area (Å²) in [7, 11) is 1.57. The average molecular weight is 382 g/mol. The van der Waals surface area contributed by atoms with Crippen LogP contribution in [0.2, 0.25) is 0 Å². The molecule has 148 valence electrons. The van der Waals surface area contributed by atoms with Crippen LogP contribution in [-0.4, -0.2) is 32.1 Å². The number of rotatable bonds is 7. The molecule has 0 unspecified atom stereocenters. The zero-order valence-corrected chi connectivity index (χ0v) is 16.5. The SMILES string of the molecule is COc1ccc(NC(=O)COc2ccc(C(C)C)cc2)cc1N1CCCC1=O. The summed E-state index contributed by atoms with van der Waals surface area (Å²) in [5.74, 6) is 1.50. The minimum absolute atomic E-state index is 0.0648. The molecular formula is C22H26N2O4. The maximum atomic E-state index is 12.3. The largest absolute Gasteiger partial charge is 0.495 e. The monoisotopic (exact) mass is 382 g/mol. The molecule has 0 bridgehead atoms. The number of anilines is 2. The summed E-state index contributed by atoms with van der Waals surface area (Å²) in [6.07, 6.45) is 1.35. The van der Waals surface area contributed by atoms with E-state index in [0.717, 1.165) is 6.42 Å². The van der Waals surface area contributed by atoms with Crippen LogP contribution < -0.4 is 19.7 Å². The van der Waals surface area contributed by atoms with E-state index in [0.29, 0.717) is 41.8 Å². The quantitative estimate of drug-likeness (QED) is 0.787. The highest BCUT2D eigenvalue weighted by atomic mass is 16.5. The maximum absolute atomic E-state index is 12.3. The highest BCUT2D eigenvalue weighted by Gasteiger charge is 2.24. The van der Waals surface area contributed by atoms with Gasteiger partial charge in [-0.2, -0.15) is 0 Å². The third kappa shape index (κ3) is 4.63. The summed E-state index contributed by atoms with van der Waals surface area (Å²) < 4.78 is 10.9. The molecular weight excluding hydrogens is 356 g/mol. The average Bonchev–Trinajstić information content (AvgIpc) is 3.12. The second-order valence-electron chi connectivity index (χ2n) is 7.10. The van der Waals surface area contributed by atoms with Crippen LogP contribution in [0.25, 0.3) is 0 Å². The highest BCUT2D eigenvalue weighted by molar-refractivity contribution is 5.98. The third-order valence-corrected chi connectivity index (χ3v) is 4.74. The number of nitrogens with zero attached hydrogens (tertiary/aromatic N) is 1. The van der Waals surface area contributed by atoms with Crippen molar-refractivity contribution in [2.75, 3.05) is 30.5 Å². The van der Waals surface area contributed by atoms with Crippen molar-refractivity contribution in [1.29, 1.82) is 0 Å². The standard InChI is InChI=1S/C22H26N2O4/c1-15(2)16-6-9-18(10-7-16)28-14-21(25)23-17-8-11-20(27-3)19(13-17)24-12-4-5-22(24)26/h6-11,13,15H,4-5,12,14H2,1-3H3,(H,23,25). The summed E-state index contributed by atoms with van der Waals surface area (Å²) in [6, 6.07) is 13.0. The van der Waals surface area contributed by atoms with E-state index in [4.69, 9.17) is 9.47 Å². The molecule has 1 N–H and O–H groups in total. The number of nitrogens with one attached hydrogen (secondary N) is 1. The first-order valence-electron chi connectivity index (χ1n) is 9.49. The number of carbonyl (C=O) groups excluding carboxylic acids is 2. The number of hydrogen-bond acceptors (Lipinski definition) is 4. The van der Waals surface area contributed by atoms with Crippen LogP contribution in [0.5, 0.6) is 11.5 Å². The van der Waals surface area contributed by atoms with Gasteiger partial charge < -0.3 is 19.7 Å². The van der Waals surface area contributed by atoms with Gasteiger partial charge in [0.2, 0.25) is 5.91 Å². The Morgan fingerprint density at radius 3 is 2.54 bits per heavy atom. The second-order valence-corrected chi connectivity index (χ2v) is 7.10. The fourth-order valence-electron chi connectivity index (χ4n) is 3.18. The first-order chi connectivity index (χ1) is 13.5. The fourth-order valence-corrected chi connectivity index (χ4v) is 3.18. The number of amides is 2. The Balaban J connectivity index is 1.62. The van der Waals surface area contributed by atoms with Gasteiger partial charge in [-0.25, -0.2) is 0 Å².